The zero-order chi connectivity index (χ0) is 16.2. The number of imidazole rings is 1. The average Bonchev–Trinajstić information content (AvgIpc) is 2.92. The van der Waals surface area contributed by atoms with Gasteiger partial charge in [-0.2, -0.15) is 4.98 Å². The largest absolute Gasteiger partial charge is 0.412 e. The molecule has 21 heavy (non-hydrogen) atoms. The Morgan fingerprint density at radius 2 is 2.24 bits per heavy atom. The van der Waals surface area contributed by atoms with E-state index in [0.29, 0.717) is 0 Å². The van der Waals surface area contributed by atoms with Gasteiger partial charge in [-0.15, -0.1) is 0 Å². The van der Waals surface area contributed by atoms with Crippen LogP contribution >= 0.6 is 0 Å². The van der Waals surface area contributed by atoms with Crippen LogP contribution in [0.3, 0.4) is 0 Å². The third-order valence-electron chi connectivity index (χ3n) is 3.09. The van der Waals surface area contributed by atoms with Crippen molar-refractivity contribution in [3.8, 4) is 0 Å². The number of nitrogens with zero attached hydrogens (tertiary/aromatic N) is 3. The minimum Gasteiger partial charge on any atom is -0.412 e. The quantitative estimate of drug-likeness (QED) is 0.377. The standard InChI is InChI=1S/C10H13N5O5.H2O/c11-10-13-7-4(8(19)14-10)12-2-15(7)9-6(18)5(17)3(1-16)20-9;/h2-3,5-6,9,16-18H,1H2,(H3,11,13,14,19);1H2/t3-,5-,6-,9-;/m1./s1/i1D2;. The molecule has 3 rings (SSSR count). The summed E-state index contributed by atoms with van der Waals surface area (Å²) in [4.78, 5) is 21.6. The molecule has 1 aliphatic heterocycles. The summed E-state index contributed by atoms with van der Waals surface area (Å²) in [5, 5.41) is 29.2. The molecule has 1 fully saturated rings. The molecule has 0 amide bonds. The van der Waals surface area contributed by atoms with Gasteiger partial charge in [-0.1, -0.05) is 0 Å². The van der Waals surface area contributed by atoms with Crippen LogP contribution in [0.4, 0.5) is 5.95 Å². The van der Waals surface area contributed by atoms with E-state index in [0.717, 1.165) is 10.9 Å². The van der Waals surface area contributed by atoms with E-state index < -0.39 is 36.7 Å². The Balaban J connectivity index is 0.00000192. The second-order valence-corrected chi connectivity index (χ2v) is 4.33. The number of ether oxygens (including phenoxy) is 1. The maximum absolute atomic E-state index is 11.7. The first-order valence-corrected chi connectivity index (χ1v) is 5.66. The molecule has 0 aromatic carbocycles. The first kappa shape index (κ1) is 12.7. The van der Waals surface area contributed by atoms with E-state index in [1.165, 1.54) is 0 Å². The smallest absolute Gasteiger partial charge is 0.280 e. The topological polar surface area (TPSA) is 191 Å². The number of H-pyrrole nitrogens is 1. The highest BCUT2D eigenvalue weighted by Gasteiger charge is 2.44. The van der Waals surface area contributed by atoms with Gasteiger partial charge in [-0.05, 0) is 0 Å². The van der Waals surface area contributed by atoms with Crippen LogP contribution in [0.1, 0.15) is 8.97 Å². The third-order valence-corrected chi connectivity index (χ3v) is 3.09. The first-order valence-electron chi connectivity index (χ1n) is 6.66. The van der Waals surface area contributed by atoms with Crippen molar-refractivity contribution in [2.45, 2.75) is 24.5 Å². The van der Waals surface area contributed by atoms with Crippen LogP contribution in [0.2, 0.25) is 0 Å². The fraction of sp³-hybridized carbons (Fsp3) is 0.500. The maximum atomic E-state index is 11.7. The molecule has 8 N–H and O–H groups in total. The lowest BCUT2D eigenvalue weighted by molar-refractivity contribution is -0.0511. The van der Waals surface area contributed by atoms with Gasteiger partial charge in [0.05, 0.1) is 15.6 Å². The molecule has 0 bridgehead atoms. The highest BCUT2D eigenvalue weighted by Crippen LogP contribution is 2.30. The number of nitrogens with two attached hydrogens (primary N) is 1. The number of nitrogens with one attached hydrogen (secondary N) is 1. The van der Waals surface area contributed by atoms with Gasteiger partial charge in [0, 0.05) is 0 Å². The molecule has 0 unspecified atom stereocenters. The van der Waals surface area contributed by atoms with E-state index in [4.69, 9.17) is 13.2 Å². The molecule has 1 saturated heterocycles. The molecule has 0 radical (unpaired) electrons. The summed E-state index contributed by atoms with van der Waals surface area (Å²) >= 11 is 0. The summed E-state index contributed by atoms with van der Waals surface area (Å²) in [5.41, 5.74) is 4.79. The van der Waals surface area contributed by atoms with Crippen LogP contribution in [-0.2, 0) is 4.74 Å². The zero-order valence-electron chi connectivity index (χ0n) is 12.5. The molecule has 1 aliphatic rings. The molecule has 11 nitrogen and oxygen atoms in total. The van der Waals surface area contributed by atoms with Gasteiger partial charge in [-0.3, -0.25) is 14.3 Å². The normalized spacial score (nSPS) is 30.8. The lowest BCUT2D eigenvalue weighted by Gasteiger charge is -2.16. The molecule has 116 valence electrons. The fourth-order valence-corrected chi connectivity index (χ4v) is 2.13. The summed E-state index contributed by atoms with van der Waals surface area (Å²) in [7, 11) is 0. The Hall–Kier alpha value is -2.05. The monoisotopic (exact) mass is 303 g/mol. The van der Waals surface area contributed by atoms with Gasteiger partial charge in [0.25, 0.3) is 5.56 Å². The number of aliphatic hydroxyl groups excluding tert-OH is 2. The average molecular weight is 303 g/mol. The molecule has 3 heterocycles. The Bertz CT molecular complexity index is 773. The number of rotatable bonds is 2. The van der Waals surface area contributed by atoms with Crippen molar-refractivity contribution in [1.29, 1.82) is 0 Å². The zero-order valence-corrected chi connectivity index (χ0v) is 10.5. The van der Waals surface area contributed by atoms with Crippen molar-refractivity contribution in [1.82, 2.24) is 19.5 Å². The van der Waals surface area contributed by atoms with Crippen molar-refractivity contribution in [2.24, 2.45) is 0 Å². The number of anilines is 1. The van der Waals surface area contributed by atoms with Crippen molar-refractivity contribution < 1.29 is 28.3 Å². The summed E-state index contributed by atoms with van der Waals surface area (Å²) in [6.45, 7) is -2.87. The Kier molecular flexibility index (Phi) is 3.25. The van der Waals surface area contributed by atoms with Crippen LogP contribution in [0.5, 0.6) is 0 Å². The van der Waals surface area contributed by atoms with Crippen molar-refractivity contribution in [2.75, 3.05) is 12.3 Å². The van der Waals surface area contributed by atoms with Crippen molar-refractivity contribution in [3.05, 3.63) is 16.7 Å². The van der Waals surface area contributed by atoms with Crippen LogP contribution in [0.15, 0.2) is 11.1 Å². The van der Waals surface area contributed by atoms with E-state index in [-0.39, 0.29) is 22.6 Å². The van der Waals surface area contributed by atoms with Gasteiger partial charge in [0.15, 0.2) is 17.4 Å². The van der Waals surface area contributed by atoms with E-state index in [1.54, 1.807) is 0 Å². The third kappa shape index (κ3) is 2.26. The number of aromatic nitrogens is 4. The SMILES string of the molecule is O.[2H]C([2H])(O)[C@H]1O[C@@H](n2cnc3c(=O)[nH]c(N)nc32)[C@H](O)[C@@H]1O. The summed E-state index contributed by atoms with van der Waals surface area (Å²) in [5.74, 6) is -0.179. The summed E-state index contributed by atoms with van der Waals surface area (Å²) in [6, 6.07) is 0. The van der Waals surface area contributed by atoms with Crippen LogP contribution in [0, 0.1) is 0 Å². The van der Waals surface area contributed by atoms with E-state index in [1.807, 2.05) is 0 Å². The molecule has 4 atom stereocenters. The van der Waals surface area contributed by atoms with Gasteiger partial charge >= 0.3 is 0 Å². The van der Waals surface area contributed by atoms with Crippen LogP contribution in [0.25, 0.3) is 11.2 Å². The molecule has 0 spiro atoms. The Morgan fingerprint density at radius 1 is 1.52 bits per heavy atom. The molecule has 0 saturated carbocycles. The highest BCUT2D eigenvalue weighted by atomic mass is 16.6. The second-order valence-electron chi connectivity index (χ2n) is 4.33. The van der Waals surface area contributed by atoms with E-state index in [2.05, 4.69) is 15.0 Å². The first-order chi connectivity index (χ1) is 10.2. The second kappa shape index (κ2) is 5.38. The van der Waals surface area contributed by atoms with E-state index in [9.17, 15) is 20.1 Å². The van der Waals surface area contributed by atoms with Gasteiger partial charge < -0.3 is 31.3 Å². The number of hydrogen-bond donors (Lipinski definition) is 5. The predicted molar refractivity (Wildman–Crippen MR) is 69.2 cm³/mol. The van der Waals surface area contributed by atoms with Gasteiger partial charge in [0.2, 0.25) is 5.95 Å². The van der Waals surface area contributed by atoms with Gasteiger partial charge in [0.1, 0.15) is 18.3 Å². The van der Waals surface area contributed by atoms with Crippen molar-refractivity contribution in [3.63, 3.8) is 0 Å². The minimum absolute atomic E-state index is 0. The molecular formula is C10H15N5O6. The van der Waals surface area contributed by atoms with Crippen LogP contribution < -0.4 is 11.3 Å². The fourth-order valence-electron chi connectivity index (χ4n) is 2.13. The molecular weight excluding hydrogens is 286 g/mol. The lowest BCUT2D eigenvalue weighted by Crippen LogP contribution is -2.33. The summed E-state index contributed by atoms with van der Waals surface area (Å²) < 4.78 is 20.7. The Labute approximate surface area is 119 Å². The lowest BCUT2D eigenvalue weighted by atomic mass is 10.1. The number of hydrogen-bond acceptors (Lipinski definition) is 8. The number of aliphatic hydroxyl groups is 3. The number of nitrogen functional groups attached to an aromatic ring is 1. The van der Waals surface area contributed by atoms with Crippen LogP contribution in [-0.4, -0.2) is 65.2 Å². The maximum Gasteiger partial charge on any atom is 0.280 e. The van der Waals surface area contributed by atoms with Gasteiger partial charge in [-0.25, -0.2) is 4.98 Å². The molecule has 2 aromatic rings. The molecule has 2 aromatic heterocycles. The Morgan fingerprint density at radius 3 is 2.86 bits per heavy atom. The summed E-state index contributed by atoms with van der Waals surface area (Å²) in [6.07, 6.45) is -5.07. The number of fused-ring (bicyclic) bond motifs is 1. The minimum atomic E-state index is -2.87. The molecule has 0 aliphatic carbocycles. The highest BCUT2D eigenvalue weighted by molar-refractivity contribution is 5.70. The molecule has 11 heteroatoms. The van der Waals surface area contributed by atoms with E-state index >= 15 is 0 Å². The van der Waals surface area contributed by atoms with Crippen molar-refractivity contribution >= 4 is 17.1 Å². The number of aromatic amines is 1. The predicted octanol–water partition coefficient (Wildman–Crippen LogP) is -3.51.